The van der Waals surface area contributed by atoms with E-state index in [0.29, 0.717) is 19.1 Å². The molecule has 0 aliphatic heterocycles. The minimum absolute atomic E-state index is 0.511. The van der Waals surface area contributed by atoms with Gasteiger partial charge in [-0.3, -0.25) is 0 Å². The van der Waals surface area contributed by atoms with Crippen LogP contribution in [0.2, 0.25) is 0 Å². The van der Waals surface area contributed by atoms with Gasteiger partial charge in [0.1, 0.15) is 0 Å². The molecule has 1 aromatic heterocycles. The second kappa shape index (κ2) is 10.5. The summed E-state index contributed by atoms with van der Waals surface area (Å²) in [7, 11) is 0. The number of H-pyrrole nitrogens is 1. The number of hydrogen-bond acceptors (Lipinski definition) is 3. The molecule has 3 aromatic rings. The second-order valence-electron chi connectivity index (χ2n) is 7.83. The number of aromatic amines is 1. The van der Waals surface area contributed by atoms with Gasteiger partial charge in [-0.1, -0.05) is 32.0 Å². The van der Waals surface area contributed by atoms with Gasteiger partial charge in [0.25, 0.3) is 0 Å². The van der Waals surface area contributed by atoms with Crippen LogP contribution in [0, 0.1) is 0 Å². The predicted molar refractivity (Wildman–Crippen MR) is 127 cm³/mol. The third kappa shape index (κ3) is 4.65. The van der Waals surface area contributed by atoms with Crippen LogP contribution < -0.4 is 15.2 Å². The quantitative estimate of drug-likeness (QED) is 0.360. The maximum absolute atomic E-state index is 5.89. The average molecular weight is 409 g/mol. The van der Waals surface area contributed by atoms with E-state index in [1.807, 2.05) is 19.9 Å². The molecule has 3 rings (SSSR count). The maximum Gasteiger partial charge on any atom is 0.161 e. The van der Waals surface area contributed by atoms with Crippen molar-refractivity contribution in [3.63, 3.8) is 0 Å². The summed E-state index contributed by atoms with van der Waals surface area (Å²) in [5, 5.41) is 1.33. The molecule has 162 valence electrons. The molecule has 3 N–H and O–H groups in total. The van der Waals surface area contributed by atoms with Gasteiger partial charge in [0.15, 0.2) is 11.5 Å². The molecule has 0 aliphatic carbocycles. The number of nitrogens with two attached hydrogens (primary N) is 1. The number of fused-ring (bicyclic) bond motifs is 1. The molecule has 0 fully saturated rings. The Morgan fingerprint density at radius 1 is 0.967 bits per heavy atom. The Morgan fingerprint density at radius 2 is 1.73 bits per heavy atom. The molecule has 1 heterocycles. The van der Waals surface area contributed by atoms with E-state index in [4.69, 9.17) is 15.2 Å². The lowest BCUT2D eigenvalue weighted by atomic mass is 9.94. The van der Waals surface area contributed by atoms with E-state index in [2.05, 4.69) is 49.2 Å². The van der Waals surface area contributed by atoms with Crippen molar-refractivity contribution in [2.75, 3.05) is 19.8 Å². The Bertz CT molecular complexity index is 961. The molecule has 0 amide bonds. The third-order valence-corrected chi connectivity index (χ3v) is 5.83. The molecule has 0 bridgehead atoms. The molecule has 0 saturated heterocycles. The smallest absolute Gasteiger partial charge is 0.161 e. The zero-order chi connectivity index (χ0) is 21.5. The van der Waals surface area contributed by atoms with E-state index >= 15 is 0 Å². The minimum atomic E-state index is 0.511. The lowest BCUT2D eigenvalue weighted by Crippen LogP contribution is -2.00. The SMILES string of the molecule is CCOc1ccc(-c2[nH]c3c(C(C)CC)cccc3c2CCCCN)cc1OCC. The van der Waals surface area contributed by atoms with Crippen LogP contribution in [0.15, 0.2) is 36.4 Å². The van der Waals surface area contributed by atoms with Crippen molar-refractivity contribution < 1.29 is 9.47 Å². The van der Waals surface area contributed by atoms with Gasteiger partial charge in [-0.15, -0.1) is 0 Å². The molecule has 4 nitrogen and oxygen atoms in total. The van der Waals surface area contributed by atoms with Gasteiger partial charge in [-0.2, -0.15) is 0 Å². The van der Waals surface area contributed by atoms with Gasteiger partial charge in [0.05, 0.1) is 13.2 Å². The van der Waals surface area contributed by atoms with Crippen LogP contribution in [0.1, 0.15) is 64.0 Å². The lowest BCUT2D eigenvalue weighted by Gasteiger charge is -2.13. The summed E-state index contributed by atoms with van der Waals surface area (Å²) in [5.41, 5.74) is 12.1. The Labute approximate surface area is 180 Å². The minimum Gasteiger partial charge on any atom is -0.490 e. The molecular formula is C26H36N2O2. The number of unbranched alkanes of at least 4 members (excludes halogenated alkanes) is 1. The highest BCUT2D eigenvalue weighted by Gasteiger charge is 2.18. The zero-order valence-corrected chi connectivity index (χ0v) is 18.9. The molecule has 0 spiro atoms. The van der Waals surface area contributed by atoms with Gasteiger partial charge >= 0.3 is 0 Å². The highest BCUT2D eigenvalue weighted by Crippen LogP contribution is 2.39. The summed E-state index contributed by atoms with van der Waals surface area (Å²) in [4.78, 5) is 3.78. The number of benzene rings is 2. The van der Waals surface area contributed by atoms with E-state index < -0.39 is 0 Å². The van der Waals surface area contributed by atoms with Crippen molar-refractivity contribution >= 4 is 10.9 Å². The highest BCUT2D eigenvalue weighted by molar-refractivity contribution is 5.93. The van der Waals surface area contributed by atoms with Crippen molar-refractivity contribution in [1.82, 2.24) is 4.98 Å². The Hall–Kier alpha value is -2.46. The Kier molecular flexibility index (Phi) is 7.81. The Balaban J connectivity index is 2.16. The molecule has 1 unspecified atom stereocenters. The summed E-state index contributed by atoms with van der Waals surface area (Å²) in [5.74, 6) is 2.10. The van der Waals surface area contributed by atoms with E-state index in [1.165, 1.54) is 27.7 Å². The molecule has 0 radical (unpaired) electrons. The second-order valence-corrected chi connectivity index (χ2v) is 7.83. The maximum atomic E-state index is 5.89. The summed E-state index contributed by atoms with van der Waals surface area (Å²) in [6.07, 6.45) is 4.24. The average Bonchev–Trinajstić information content (AvgIpc) is 3.13. The van der Waals surface area contributed by atoms with Crippen molar-refractivity contribution in [1.29, 1.82) is 0 Å². The van der Waals surface area contributed by atoms with E-state index in [0.717, 1.165) is 49.3 Å². The largest absolute Gasteiger partial charge is 0.490 e. The number of ether oxygens (including phenoxy) is 2. The van der Waals surface area contributed by atoms with Crippen molar-refractivity contribution in [2.24, 2.45) is 5.73 Å². The topological polar surface area (TPSA) is 60.3 Å². The molecule has 2 aromatic carbocycles. The number of rotatable bonds is 11. The van der Waals surface area contributed by atoms with Crippen molar-refractivity contribution in [2.45, 2.75) is 59.3 Å². The highest BCUT2D eigenvalue weighted by atomic mass is 16.5. The summed E-state index contributed by atoms with van der Waals surface area (Å²) < 4.78 is 11.7. The summed E-state index contributed by atoms with van der Waals surface area (Å²) in [6.45, 7) is 10.5. The first-order valence-corrected chi connectivity index (χ1v) is 11.4. The van der Waals surface area contributed by atoms with Gasteiger partial charge in [0.2, 0.25) is 0 Å². The molecule has 30 heavy (non-hydrogen) atoms. The fourth-order valence-electron chi connectivity index (χ4n) is 4.09. The lowest BCUT2D eigenvalue weighted by molar-refractivity contribution is 0.288. The van der Waals surface area contributed by atoms with Crippen molar-refractivity contribution in [3.05, 3.63) is 47.5 Å². The number of nitrogens with one attached hydrogen (secondary N) is 1. The van der Waals surface area contributed by atoms with Crippen LogP contribution in [0.25, 0.3) is 22.2 Å². The molecular weight excluding hydrogens is 372 g/mol. The van der Waals surface area contributed by atoms with Gasteiger partial charge in [-0.25, -0.2) is 0 Å². The first-order chi connectivity index (χ1) is 14.6. The van der Waals surface area contributed by atoms with Crippen LogP contribution in [0.4, 0.5) is 0 Å². The molecule has 0 aliphatic rings. The zero-order valence-electron chi connectivity index (χ0n) is 18.9. The van der Waals surface area contributed by atoms with E-state index in [9.17, 15) is 0 Å². The van der Waals surface area contributed by atoms with Crippen LogP contribution in [0.5, 0.6) is 11.5 Å². The normalized spacial score (nSPS) is 12.3. The first kappa shape index (κ1) is 22.2. The summed E-state index contributed by atoms with van der Waals surface area (Å²) >= 11 is 0. The Morgan fingerprint density at radius 3 is 2.43 bits per heavy atom. The number of hydrogen-bond donors (Lipinski definition) is 2. The van der Waals surface area contributed by atoms with E-state index in [1.54, 1.807) is 0 Å². The van der Waals surface area contributed by atoms with Gasteiger partial charge < -0.3 is 20.2 Å². The molecule has 0 saturated carbocycles. The van der Waals surface area contributed by atoms with Crippen molar-refractivity contribution in [3.8, 4) is 22.8 Å². The standard InChI is InChI=1S/C26H36N2O2/c1-5-18(4)20-12-10-13-22-21(11-8-9-16-27)25(28-26(20)22)19-14-15-23(29-6-2)24(17-19)30-7-3/h10,12-15,17-18,28H,5-9,11,16,27H2,1-4H3. The fraction of sp³-hybridized carbons (Fsp3) is 0.462. The van der Waals surface area contributed by atoms with Gasteiger partial charge in [0, 0.05) is 22.2 Å². The monoisotopic (exact) mass is 408 g/mol. The molecule has 1 atom stereocenters. The van der Waals surface area contributed by atoms with Crippen LogP contribution in [-0.2, 0) is 6.42 Å². The number of para-hydroxylation sites is 1. The first-order valence-electron chi connectivity index (χ1n) is 11.4. The van der Waals surface area contributed by atoms with Crippen LogP contribution >= 0.6 is 0 Å². The fourth-order valence-corrected chi connectivity index (χ4v) is 4.09. The number of aromatic nitrogens is 1. The predicted octanol–water partition coefficient (Wildman–Crippen LogP) is 6.43. The number of aryl methyl sites for hydroxylation is 1. The van der Waals surface area contributed by atoms with Crippen LogP contribution in [0.3, 0.4) is 0 Å². The third-order valence-electron chi connectivity index (χ3n) is 5.83. The van der Waals surface area contributed by atoms with Crippen LogP contribution in [-0.4, -0.2) is 24.7 Å². The molecule has 4 heteroatoms. The summed E-state index contributed by atoms with van der Waals surface area (Å²) in [6, 6.07) is 13.0. The van der Waals surface area contributed by atoms with Gasteiger partial charge in [-0.05, 0) is 81.3 Å². The van der Waals surface area contributed by atoms with E-state index in [-0.39, 0.29) is 0 Å².